The van der Waals surface area contributed by atoms with Gasteiger partial charge in [-0.25, -0.2) is 0 Å². The van der Waals surface area contributed by atoms with Crippen LogP contribution in [-0.2, 0) is 14.4 Å². The summed E-state index contributed by atoms with van der Waals surface area (Å²) < 4.78 is 0. The number of carbonyl (C=O) groups excluding carboxylic acids is 3. The lowest BCUT2D eigenvalue weighted by Crippen LogP contribution is -2.49. The Morgan fingerprint density at radius 1 is 1.23 bits per heavy atom. The lowest BCUT2D eigenvalue weighted by molar-refractivity contribution is -0.137. The van der Waals surface area contributed by atoms with E-state index in [1.54, 1.807) is 6.92 Å². The average molecular weight is 316 g/mol. The van der Waals surface area contributed by atoms with Crippen LogP contribution in [0.25, 0.3) is 0 Å². The largest absolute Gasteiger partial charge is 0.370 e. The summed E-state index contributed by atoms with van der Waals surface area (Å²) in [6.45, 7) is 3.12. The van der Waals surface area contributed by atoms with E-state index in [0.717, 1.165) is 0 Å². The summed E-state index contributed by atoms with van der Waals surface area (Å²) in [5.41, 5.74) is 12.5. The molecular weight excluding hydrogens is 288 g/mol. The van der Waals surface area contributed by atoms with Gasteiger partial charge < -0.3 is 11.5 Å². The maximum absolute atomic E-state index is 12.0. The molecular formula is C13H28N6O3. The molecule has 0 aromatic rings. The molecule has 128 valence electrons. The minimum Gasteiger partial charge on any atom is -0.370 e. The van der Waals surface area contributed by atoms with Gasteiger partial charge in [0.15, 0.2) is 5.96 Å². The van der Waals surface area contributed by atoms with Crippen LogP contribution >= 0.6 is 0 Å². The molecule has 0 spiro atoms. The standard InChI is InChI=1S/C12H24N6O3.CH4/c1-7(8(2)19)18-9(4-3-5-16-12(13)14)11(21)10(20)6-17-15;/h7,9,17-18H,3-6,15H2,1-2H3,(H4,13,14,16);1H4/t7?,9-;/m0./s1. The smallest absolute Gasteiger partial charge is 0.216 e. The van der Waals surface area contributed by atoms with Crippen LogP contribution in [0.4, 0.5) is 0 Å². The Balaban J connectivity index is 0. The predicted octanol–water partition coefficient (Wildman–Crippen LogP) is -1.79. The Morgan fingerprint density at radius 2 is 1.82 bits per heavy atom. The first-order chi connectivity index (χ1) is 9.79. The van der Waals surface area contributed by atoms with E-state index in [4.69, 9.17) is 17.3 Å². The number of guanidine groups is 1. The van der Waals surface area contributed by atoms with Crippen LogP contribution in [0.1, 0.15) is 34.1 Å². The second-order valence-electron chi connectivity index (χ2n) is 4.67. The number of rotatable bonds is 11. The third-order valence-electron chi connectivity index (χ3n) is 2.86. The average Bonchev–Trinajstić information content (AvgIpc) is 2.40. The summed E-state index contributed by atoms with van der Waals surface area (Å²) in [6, 6.07) is -1.29. The van der Waals surface area contributed by atoms with E-state index in [1.165, 1.54) is 6.92 Å². The Labute approximate surface area is 131 Å². The summed E-state index contributed by atoms with van der Waals surface area (Å²) in [5.74, 6) is 3.60. The van der Waals surface area contributed by atoms with Crippen molar-refractivity contribution in [2.75, 3.05) is 13.1 Å². The number of aliphatic imine (C=N–C) groups is 1. The van der Waals surface area contributed by atoms with E-state index in [-0.39, 0.29) is 25.7 Å². The van der Waals surface area contributed by atoms with E-state index in [1.807, 2.05) is 0 Å². The molecule has 0 amide bonds. The van der Waals surface area contributed by atoms with Gasteiger partial charge in [0.2, 0.25) is 11.6 Å². The first kappa shape index (κ1) is 22.4. The number of hydrogen-bond acceptors (Lipinski definition) is 7. The van der Waals surface area contributed by atoms with E-state index in [9.17, 15) is 14.4 Å². The van der Waals surface area contributed by atoms with Gasteiger partial charge in [-0.1, -0.05) is 7.43 Å². The fourth-order valence-electron chi connectivity index (χ4n) is 1.59. The summed E-state index contributed by atoms with van der Waals surface area (Å²) >= 11 is 0. The zero-order valence-corrected chi connectivity index (χ0v) is 12.4. The third kappa shape index (κ3) is 9.16. The topological polar surface area (TPSA) is 166 Å². The number of nitrogens with zero attached hydrogens (tertiary/aromatic N) is 1. The zero-order chi connectivity index (χ0) is 16.4. The van der Waals surface area contributed by atoms with Crippen LogP contribution in [0.2, 0.25) is 0 Å². The Hall–Kier alpha value is -1.84. The quantitative estimate of drug-likeness (QED) is 0.0744. The van der Waals surface area contributed by atoms with Gasteiger partial charge in [0.25, 0.3) is 0 Å². The zero-order valence-electron chi connectivity index (χ0n) is 12.4. The second-order valence-corrected chi connectivity index (χ2v) is 4.67. The third-order valence-corrected chi connectivity index (χ3v) is 2.86. The van der Waals surface area contributed by atoms with Crippen LogP contribution in [0.5, 0.6) is 0 Å². The fourth-order valence-corrected chi connectivity index (χ4v) is 1.59. The Kier molecular flexibility index (Phi) is 12.0. The molecule has 0 saturated heterocycles. The van der Waals surface area contributed by atoms with Gasteiger partial charge in [-0.05, 0) is 26.7 Å². The van der Waals surface area contributed by atoms with Crippen molar-refractivity contribution >= 4 is 23.3 Å². The van der Waals surface area contributed by atoms with Gasteiger partial charge >= 0.3 is 0 Å². The van der Waals surface area contributed by atoms with E-state index >= 15 is 0 Å². The molecule has 0 fully saturated rings. The van der Waals surface area contributed by atoms with Gasteiger partial charge in [0.05, 0.1) is 18.6 Å². The molecule has 0 rings (SSSR count). The van der Waals surface area contributed by atoms with Crippen molar-refractivity contribution in [3.05, 3.63) is 0 Å². The summed E-state index contributed by atoms with van der Waals surface area (Å²) in [7, 11) is 0. The van der Waals surface area contributed by atoms with Crippen LogP contribution < -0.4 is 28.1 Å². The van der Waals surface area contributed by atoms with Crippen molar-refractivity contribution in [2.45, 2.75) is 46.2 Å². The van der Waals surface area contributed by atoms with Crippen molar-refractivity contribution < 1.29 is 14.4 Å². The highest BCUT2D eigenvalue weighted by Gasteiger charge is 2.26. The predicted molar refractivity (Wildman–Crippen MR) is 85.9 cm³/mol. The molecule has 8 N–H and O–H groups in total. The molecule has 0 heterocycles. The van der Waals surface area contributed by atoms with Crippen molar-refractivity contribution in [1.29, 1.82) is 0 Å². The molecule has 0 aliphatic carbocycles. The molecule has 22 heavy (non-hydrogen) atoms. The monoisotopic (exact) mass is 316 g/mol. The fraction of sp³-hybridized carbons (Fsp3) is 0.692. The molecule has 0 aromatic carbocycles. The summed E-state index contributed by atoms with van der Waals surface area (Å²) in [4.78, 5) is 38.7. The minimum atomic E-state index is -0.765. The van der Waals surface area contributed by atoms with Gasteiger partial charge in [-0.15, -0.1) is 0 Å². The van der Waals surface area contributed by atoms with Crippen LogP contribution in [0.3, 0.4) is 0 Å². The highest BCUT2D eigenvalue weighted by molar-refractivity contribution is 6.39. The molecule has 9 nitrogen and oxygen atoms in total. The normalized spacial score (nSPS) is 12.7. The Morgan fingerprint density at radius 3 is 2.27 bits per heavy atom. The van der Waals surface area contributed by atoms with Crippen LogP contribution in [0, 0.1) is 0 Å². The van der Waals surface area contributed by atoms with Gasteiger partial charge in [0, 0.05) is 6.54 Å². The highest BCUT2D eigenvalue weighted by Crippen LogP contribution is 2.03. The molecule has 0 bridgehead atoms. The lowest BCUT2D eigenvalue weighted by atomic mass is 10.0. The van der Waals surface area contributed by atoms with Gasteiger partial charge in [-0.2, -0.15) is 0 Å². The van der Waals surface area contributed by atoms with Crippen molar-refractivity contribution in [2.24, 2.45) is 22.3 Å². The summed E-state index contributed by atoms with van der Waals surface area (Å²) in [6.07, 6.45) is 0.832. The number of hydrogen-bond donors (Lipinski definition) is 5. The molecule has 0 aromatic heterocycles. The molecule has 0 radical (unpaired) electrons. The van der Waals surface area contributed by atoms with Gasteiger partial charge in [-0.3, -0.25) is 36.0 Å². The number of Topliss-reactive ketones (excluding diaryl/α,β-unsaturated/α-hetero) is 3. The SMILES string of the molecule is C.CC(=O)C(C)N[C@@H](CCCN=C(N)N)C(=O)C(=O)CNN. The van der Waals surface area contributed by atoms with Crippen molar-refractivity contribution in [3.63, 3.8) is 0 Å². The van der Waals surface area contributed by atoms with E-state index in [0.29, 0.717) is 19.4 Å². The minimum absolute atomic E-state index is 0. The van der Waals surface area contributed by atoms with E-state index < -0.39 is 23.7 Å². The molecule has 0 aliphatic rings. The van der Waals surface area contributed by atoms with Crippen molar-refractivity contribution in [3.8, 4) is 0 Å². The van der Waals surface area contributed by atoms with Crippen LogP contribution in [-0.4, -0.2) is 48.5 Å². The number of nitrogens with two attached hydrogens (primary N) is 3. The molecule has 2 atom stereocenters. The molecule has 1 unspecified atom stereocenters. The van der Waals surface area contributed by atoms with Crippen LogP contribution in [0.15, 0.2) is 4.99 Å². The lowest BCUT2D eigenvalue weighted by Gasteiger charge is -2.20. The Bertz CT molecular complexity index is 407. The molecule has 0 saturated carbocycles. The van der Waals surface area contributed by atoms with E-state index in [2.05, 4.69) is 15.7 Å². The number of ketones is 3. The van der Waals surface area contributed by atoms with Gasteiger partial charge in [0.1, 0.15) is 5.78 Å². The molecule has 9 heteroatoms. The highest BCUT2D eigenvalue weighted by atomic mass is 16.2. The number of carbonyl (C=O) groups is 3. The first-order valence-electron chi connectivity index (χ1n) is 6.62. The number of nitrogens with one attached hydrogen (secondary N) is 2. The van der Waals surface area contributed by atoms with Crippen molar-refractivity contribution in [1.82, 2.24) is 10.7 Å². The second kappa shape index (κ2) is 11.8. The summed E-state index contributed by atoms with van der Waals surface area (Å²) in [5, 5.41) is 2.84. The molecule has 0 aliphatic heterocycles. The maximum Gasteiger partial charge on any atom is 0.216 e. The first-order valence-corrected chi connectivity index (χ1v) is 6.62. The maximum atomic E-state index is 12.0. The number of hydrazine groups is 1.